The minimum Gasteiger partial charge on any atom is -0.481 e. The number of aryl methyl sites for hydroxylation is 1. The van der Waals surface area contributed by atoms with Crippen LogP contribution >= 0.6 is 11.6 Å². The summed E-state index contributed by atoms with van der Waals surface area (Å²) in [5.41, 5.74) is 6.61. The number of carbonyl (C=O) groups is 1. The molecule has 3 N–H and O–H groups in total. The van der Waals surface area contributed by atoms with Gasteiger partial charge in [-0.25, -0.2) is 0 Å². The maximum Gasteiger partial charge on any atom is 0.261 e. The molecule has 0 saturated heterocycles. The predicted octanol–water partition coefficient (Wildman–Crippen LogP) is 2.91. The number of ether oxygens (including phenoxy) is 1. The van der Waals surface area contributed by atoms with Gasteiger partial charge in [0.15, 0.2) is 6.10 Å². The van der Waals surface area contributed by atoms with E-state index in [4.69, 9.17) is 22.1 Å². The van der Waals surface area contributed by atoms with Crippen LogP contribution in [0.2, 0.25) is 5.02 Å². The summed E-state index contributed by atoms with van der Waals surface area (Å²) in [6.45, 7) is 8.25. The third-order valence-electron chi connectivity index (χ3n) is 3.20. The smallest absolute Gasteiger partial charge is 0.261 e. The largest absolute Gasteiger partial charge is 0.481 e. The molecule has 0 aliphatic carbocycles. The summed E-state index contributed by atoms with van der Waals surface area (Å²) >= 11 is 5.97. The quantitative estimate of drug-likeness (QED) is 0.813. The van der Waals surface area contributed by atoms with Crippen molar-refractivity contribution in [3.8, 4) is 5.75 Å². The Morgan fingerprint density at radius 3 is 2.57 bits per heavy atom. The van der Waals surface area contributed by atoms with E-state index in [0.29, 0.717) is 23.2 Å². The van der Waals surface area contributed by atoms with Gasteiger partial charge in [0, 0.05) is 17.6 Å². The number of amides is 1. The first-order valence-corrected chi connectivity index (χ1v) is 7.64. The van der Waals surface area contributed by atoms with Crippen molar-refractivity contribution in [1.82, 2.24) is 5.32 Å². The third kappa shape index (κ3) is 5.94. The molecule has 2 atom stereocenters. The Balaban J connectivity index is 2.59. The maximum atomic E-state index is 12.1. The average molecular weight is 313 g/mol. The minimum absolute atomic E-state index is 0.0181. The van der Waals surface area contributed by atoms with Gasteiger partial charge in [0.05, 0.1) is 0 Å². The second kappa shape index (κ2) is 8.25. The van der Waals surface area contributed by atoms with Gasteiger partial charge in [0.25, 0.3) is 5.91 Å². The van der Waals surface area contributed by atoms with Crippen LogP contribution < -0.4 is 15.8 Å². The average Bonchev–Trinajstić information content (AvgIpc) is 2.41. The number of halogens is 1. The Morgan fingerprint density at radius 2 is 2.05 bits per heavy atom. The lowest BCUT2D eigenvalue weighted by Crippen LogP contribution is -2.46. The van der Waals surface area contributed by atoms with Crippen molar-refractivity contribution in [3.05, 3.63) is 28.8 Å². The number of nitrogens with two attached hydrogens (primary N) is 1. The number of rotatable bonds is 7. The monoisotopic (exact) mass is 312 g/mol. The molecule has 21 heavy (non-hydrogen) atoms. The summed E-state index contributed by atoms with van der Waals surface area (Å²) < 4.78 is 5.65. The van der Waals surface area contributed by atoms with Crippen LogP contribution in [0.1, 0.15) is 32.8 Å². The van der Waals surface area contributed by atoms with Crippen molar-refractivity contribution < 1.29 is 9.53 Å². The minimum atomic E-state index is -0.577. The van der Waals surface area contributed by atoms with Crippen LogP contribution in [0.5, 0.6) is 5.75 Å². The highest BCUT2D eigenvalue weighted by Gasteiger charge is 2.19. The lowest BCUT2D eigenvalue weighted by Gasteiger charge is -2.22. The molecule has 4 nitrogen and oxygen atoms in total. The zero-order valence-electron chi connectivity index (χ0n) is 13.2. The Kier molecular flexibility index (Phi) is 6.99. The van der Waals surface area contributed by atoms with Crippen molar-refractivity contribution in [3.63, 3.8) is 0 Å². The lowest BCUT2D eigenvalue weighted by molar-refractivity contribution is -0.128. The van der Waals surface area contributed by atoms with Crippen LogP contribution in [-0.2, 0) is 4.79 Å². The molecule has 0 heterocycles. The molecule has 0 aromatic heterocycles. The van der Waals surface area contributed by atoms with Gasteiger partial charge in [-0.15, -0.1) is 0 Å². The Morgan fingerprint density at radius 1 is 1.38 bits per heavy atom. The van der Waals surface area contributed by atoms with E-state index in [2.05, 4.69) is 19.2 Å². The van der Waals surface area contributed by atoms with Crippen LogP contribution in [0, 0.1) is 12.8 Å². The SMILES string of the molecule is Cc1cc(OC(C)C(=O)NC(CN)CC(C)C)ccc1Cl. The highest BCUT2D eigenvalue weighted by molar-refractivity contribution is 6.31. The van der Waals surface area contributed by atoms with Gasteiger partial charge in [-0.2, -0.15) is 0 Å². The van der Waals surface area contributed by atoms with Crippen LogP contribution in [0.15, 0.2) is 18.2 Å². The molecule has 1 aromatic rings. The molecule has 0 aliphatic heterocycles. The van der Waals surface area contributed by atoms with E-state index < -0.39 is 6.10 Å². The number of nitrogens with one attached hydrogen (secondary N) is 1. The highest BCUT2D eigenvalue weighted by Crippen LogP contribution is 2.21. The molecule has 1 aromatic carbocycles. The first-order valence-electron chi connectivity index (χ1n) is 7.26. The molecular weight excluding hydrogens is 288 g/mol. The molecule has 0 aliphatic rings. The van der Waals surface area contributed by atoms with Gasteiger partial charge < -0.3 is 15.8 Å². The van der Waals surface area contributed by atoms with E-state index >= 15 is 0 Å². The molecule has 0 bridgehead atoms. The van der Waals surface area contributed by atoms with Crippen molar-refractivity contribution in [2.24, 2.45) is 11.7 Å². The van der Waals surface area contributed by atoms with E-state index in [1.807, 2.05) is 13.0 Å². The summed E-state index contributed by atoms with van der Waals surface area (Å²) in [4.78, 5) is 12.1. The van der Waals surface area contributed by atoms with E-state index in [1.54, 1.807) is 19.1 Å². The standard InChI is InChI=1S/C16H25ClN2O2/c1-10(2)7-13(9-18)19-16(20)12(4)21-14-5-6-15(17)11(3)8-14/h5-6,8,10,12-13H,7,9,18H2,1-4H3,(H,19,20). The van der Waals surface area contributed by atoms with Gasteiger partial charge in [0.2, 0.25) is 0 Å². The fourth-order valence-electron chi connectivity index (χ4n) is 2.05. The fraction of sp³-hybridized carbons (Fsp3) is 0.562. The maximum absolute atomic E-state index is 12.1. The van der Waals surface area contributed by atoms with E-state index in [9.17, 15) is 4.79 Å². The summed E-state index contributed by atoms with van der Waals surface area (Å²) in [6.07, 6.45) is 0.279. The number of hydrogen-bond donors (Lipinski definition) is 2. The Labute approximate surface area is 132 Å². The molecule has 2 unspecified atom stereocenters. The van der Waals surface area contributed by atoms with Gasteiger partial charge in [-0.1, -0.05) is 25.4 Å². The first-order chi connectivity index (χ1) is 9.83. The Bertz CT molecular complexity index is 477. The number of hydrogen-bond acceptors (Lipinski definition) is 3. The first kappa shape index (κ1) is 17.8. The second-order valence-corrected chi connectivity index (χ2v) is 6.15. The Hall–Kier alpha value is -1.26. The summed E-state index contributed by atoms with van der Waals surface area (Å²) in [5, 5.41) is 3.61. The third-order valence-corrected chi connectivity index (χ3v) is 3.62. The van der Waals surface area contributed by atoms with E-state index in [0.717, 1.165) is 12.0 Å². The predicted molar refractivity (Wildman–Crippen MR) is 86.7 cm³/mol. The van der Waals surface area contributed by atoms with Gasteiger partial charge in [-0.3, -0.25) is 4.79 Å². The van der Waals surface area contributed by atoms with E-state index in [-0.39, 0.29) is 11.9 Å². The van der Waals surface area contributed by atoms with Gasteiger partial charge in [0.1, 0.15) is 5.75 Å². The molecule has 118 valence electrons. The zero-order chi connectivity index (χ0) is 16.0. The second-order valence-electron chi connectivity index (χ2n) is 5.74. The molecule has 0 fully saturated rings. The van der Waals surface area contributed by atoms with E-state index in [1.165, 1.54) is 0 Å². The van der Waals surface area contributed by atoms with Crippen molar-refractivity contribution in [1.29, 1.82) is 0 Å². The number of carbonyl (C=O) groups excluding carboxylic acids is 1. The molecule has 0 radical (unpaired) electrons. The molecule has 1 amide bonds. The van der Waals surface area contributed by atoms with Crippen LogP contribution in [0.25, 0.3) is 0 Å². The summed E-state index contributed by atoms with van der Waals surface area (Å²) in [6, 6.07) is 5.32. The molecule has 1 rings (SSSR count). The lowest BCUT2D eigenvalue weighted by atomic mass is 10.0. The normalized spacial score (nSPS) is 13.9. The topological polar surface area (TPSA) is 64.3 Å². The zero-order valence-corrected chi connectivity index (χ0v) is 13.9. The van der Waals surface area contributed by atoms with Crippen LogP contribution in [0.4, 0.5) is 0 Å². The summed E-state index contributed by atoms with van der Waals surface area (Å²) in [5.74, 6) is 0.959. The highest BCUT2D eigenvalue weighted by atomic mass is 35.5. The van der Waals surface area contributed by atoms with Crippen LogP contribution in [-0.4, -0.2) is 24.6 Å². The molecular formula is C16H25ClN2O2. The van der Waals surface area contributed by atoms with Crippen molar-refractivity contribution >= 4 is 17.5 Å². The fourth-order valence-corrected chi connectivity index (χ4v) is 2.17. The molecule has 0 saturated carbocycles. The van der Waals surface area contributed by atoms with Crippen molar-refractivity contribution in [2.75, 3.05) is 6.54 Å². The van der Waals surface area contributed by atoms with Gasteiger partial charge >= 0.3 is 0 Å². The van der Waals surface area contributed by atoms with Crippen molar-refractivity contribution in [2.45, 2.75) is 46.3 Å². The molecule has 5 heteroatoms. The van der Waals surface area contributed by atoms with Crippen LogP contribution in [0.3, 0.4) is 0 Å². The molecule has 0 spiro atoms. The summed E-state index contributed by atoms with van der Waals surface area (Å²) in [7, 11) is 0. The van der Waals surface area contributed by atoms with Gasteiger partial charge in [-0.05, 0) is 49.9 Å². The number of benzene rings is 1.